The van der Waals surface area contributed by atoms with Gasteiger partial charge in [0.15, 0.2) is 5.76 Å². The zero-order valence-electron chi connectivity index (χ0n) is 10.9. The van der Waals surface area contributed by atoms with Gasteiger partial charge in [0.05, 0.1) is 6.08 Å². The van der Waals surface area contributed by atoms with Crippen LogP contribution in [-0.4, -0.2) is 49.0 Å². The summed E-state index contributed by atoms with van der Waals surface area (Å²) in [7, 11) is 0. The lowest BCUT2D eigenvalue weighted by atomic mass is 9.96. The van der Waals surface area contributed by atoms with E-state index in [1.54, 1.807) is 0 Å². The van der Waals surface area contributed by atoms with Gasteiger partial charge in [-0.05, 0) is 0 Å². The van der Waals surface area contributed by atoms with Gasteiger partial charge < -0.3 is 9.47 Å². The fourth-order valence-electron chi connectivity index (χ4n) is 1.39. The largest absolute Gasteiger partial charge is 0.487 e. The van der Waals surface area contributed by atoms with E-state index >= 15 is 0 Å². The lowest BCUT2D eigenvalue weighted by Gasteiger charge is -2.37. The first-order valence-corrected chi connectivity index (χ1v) is 5.60. The van der Waals surface area contributed by atoms with Crippen LogP contribution in [0.1, 0.15) is 0 Å². The number of esters is 1. The summed E-state index contributed by atoms with van der Waals surface area (Å²) in [6.07, 6.45) is -7.81. The highest BCUT2D eigenvalue weighted by Crippen LogP contribution is 2.58. The Kier molecular flexibility index (Phi) is 4.78. The normalized spacial score (nSPS) is 18.5. The van der Waals surface area contributed by atoms with Gasteiger partial charge in [-0.2, -0.15) is 48.3 Å². The van der Waals surface area contributed by atoms with Crippen LogP contribution in [0.25, 0.3) is 0 Å². The molecular formula is C10H5F11O3. The Morgan fingerprint density at radius 3 is 1.62 bits per heavy atom. The minimum Gasteiger partial charge on any atom is -0.487 e. The third kappa shape index (κ3) is 2.85. The van der Waals surface area contributed by atoms with Crippen LogP contribution in [-0.2, 0) is 14.3 Å². The predicted molar refractivity (Wildman–Crippen MR) is 50.8 cm³/mol. The molecule has 0 saturated heterocycles. The van der Waals surface area contributed by atoms with Gasteiger partial charge in [0.1, 0.15) is 13.2 Å². The number of allylic oxidation sites excluding steroid dienone is 1. The van der Waals surface area contributed by atoms with E-state index < -0.39 is 60.9 Å². The van der Waals surface area contributed by atoms with Crippen LogP contribution in [0.2, 0.25) is 0 Å². The first-order valence-electron chi connectivity index (χ1n) is 5.60. The van der Waals surface area contributed by atoms with Crippen molar-refractivity contribution >= 4 is 5.97 Å². The van der Waals surface area contributed by atoms with Crippen molar-refractivity contribution in [3.8, 4) is 0 Å². The number of carbonyl (C=O) groups excluding carboxylic acids is 1. The summed E-state index contributed by atoms with van der Waals surface area (Å²) in [4.78, 5) is 10.8. The second-order valence-corrected chi connectivity index (χ2v) is 4.32. The van der Waals surface area contributed by atoms with Crippen LogP contribution in [0.4, 0.5) is 48.3 Å². The summed E-state index contributed by atoms with van der Waals surface area (Å²) in [6, 6.07) is 0. The molecule has 0 aromatic rings. The van der Waals surface area contributed by atoms with Gasteiger partial charge >= 0.3 is 35.8 Å². The molecule has 0 aliphatic carbocycles. The second-order valence-electron chi connectivity index (χ2n) is 4.32. The van der Waals surface area contributed by atoms with Gasteiger partial charge in [0, 0.05) is 0 Å². The van der Waals surface area contributed by atoms with Crippen molar-refractivity contribution in [1.82, 2.24) is 0 Å². The topological polar surface area (TPSA) is 35.5 Å². The molecule has 14 heteroatoms. The van der Waals surface area contributed by atoms with Crippen molar-refractivity contribution in [2.45, 2.75) is 29.9 Å². The SMILES string of the molecule is O=C1C=C(C(F)(F)C(F)(F)C(F)(F)C(F)(F)C(F)(F)F)OCCO1. The Morgan fingerprint density at radius 2 is 1.17 bits per heavy atom. The summed E-state index contributed by atoms with van der Waals surface area (Å²) in [5.41, 5.74) is 0. The van der Waals surface area contributed by atoms with E-state index in [0.29, 0.717) is 0 Å². The van der Waals surface area contributed by atoms with Crippen molar-refractivity contribution in [3.63, 3.8) is 0 Å². The van der Waals surface area contributed by atoms with E-state index in [-0.39, 0.29) is 0 Å². The fourth-order valence-corrected chi connectivity index (χ4v) is 1.39. The zero-order valence-corrected chi connectivity index (χ0v) is 10.9. The van der Waals surface area contributed by atoms with Crippen molar-refractivity contribution in [1.29, 1.82) is 0 Å². The summed E-state index contributed by atoms with van der Waals surface area (Å²) in [6.45, 7) is -1.83. The lowest BCUT2D eigenvalue weighted by Crippen LogP contribution is -2.66. The molecule has 0 atom stereocenters. The molecule has 24 heavy (non-hydrogen) atoms. The maximum Gasteiger partial charge on any atom is 0.460 e. The first kappa shape index (κ1) is 20.3. The molecule has 0 N–H and O–H groups in total. The quantitative estimate of drug-likeness (QED) is 0.551. The monoisotopic (exact) mass is 382 g/mol. The average molecular weight is 382 g/mol. The highest BCUT2D eigenvalue weighted by molar-refractivity contribution is 5.83. The van der Waals surface area contributed by atoms with Gasteiger partial charge in [0.25, 0.3) is 0 Å². The van der Waals surface area contributed by atoms with Crippen LogP contribution in [0, 0.1) is 0 Å². The third-order valence-electron chi connectivity index (χ3n) is 2.68. The highest BCUT2D eigenvalue weighted by atomic mass is 19.4. The molecule has 0 aromatic heterocycles. The Bertz CT molecular complexity index is 535. The van der Waals surface area contributed by atoms with E-state index in [4.69, 9.17) is 0 Å². The predicted octanol–water partition coefficient (Wildman–Crippen LogP) is 3.55. The molecule has 1 rings (SSSR count). The minimum atomic E-state index is -7.57. The maximum atomic E-state index is 13.5. The number of ether oxygens (including phenoxy) is 2. The molecule has 1 aliphatic rings. The van der Waals surface area contributed by atoms with Crippen molar-refractivity contribution in [3.05, 3.63) is 11.8 Å². The summed E-state index contributed by atoms with van der Waals surface area (Å²) in [5.74, 6) is -33.0. The minimum absolute atomic E-state index is 0.553. The smallest absolute Gasteiger partial charge is 0.460 e. The summed E-state index contributed by atoms with van der Waals surface area (Å²) in [5, 5.41) is 0. The van der Waals surface area contributed by atoms with Gasteiger partial charge in [0.2, 0.25) is 0 Å². The number of rotatable bonds is 4. The van der Waals surface area contributed by atoms with Gasteiger partial charge in [-0.15, -0.1) is 0 Å². The van der Waals surface area contributed by atoms with Crippen LogP contribution in [0.15, 0.2) is 11.8 Å². The molecule has 0 radical (unpaired) electrons. The average Bonchev–Trinajstić information content (AvgIpc) is 2.61. The van der Waals surface area contributed by atoms with E-state index in [1.807, 2.05) is 0 Å². The molecule has 0 aromatic carbocycles. The summed E-state index contributed by atoms with van der Waals surface area (Å²) < 4.78 is 148. The molecule has 1 heterocycles. The third-order valence-corrected chi connectivity index (χ3v) is 2.68. The Hall–Kier alpha value is -1.76. The number of carbonyl (C=O) groups is 1. The molecule has 140 valence electrons. The molecule has 3 nitrogen and oxygen atoms in total. The highest BCUT2D eigenvalue weighted by Gasteiger charge is 2.88. The Morgan fingerprint density at radius 1 is 0.708 bits per heavy atom. The molecule has 1 aliphatic heterocycles. The van der Waals surface area contributed by atoms with Crippen LogP contribution < -0.4 is 0 Å². The van der Waals surface area contributed by atoms with E-state index in [0.717, 1.165) is 0 Å². The van der Waals surface area contributed by atoms with Gasteiger partial charge in [-0.1, -0.05) is 0 Å². The Balaban J connectivity index is 3.42. The molecular weight excluding hydrogens is 377 g/mol. The van der Waals surface area contributed by atoms with Gasteiger partial charge in [-0.25, -0.2) is 4.79 Å². The number of hydrogen-bond donors (Lipinski definition) is 0. The van der Waals surface area contributed by atoms with E-state index in [1.165, 1.54) is 0 Å². The maximum absolute atomic E-state index is 13.5. The molecule has 0 amide bonds. The van der Waals surface area contributed by atoms with Crippen molar-refractivity contribution < 1.29 is 62.6 Å². The van der Waals surface area contributed by atoms with Crippen LogP contribution in [0.5, 0.6) is 0 Å². The molecule has 0 saturated carbocycles. The number of alkyl halides is 11. The van der Waals surface area contributed by atoms with Crippen LogP contribution >= 0.6 is 0 Å². The standard InChI is InChI=1S/C10H5F11O3/c11-6(12,4-3-5(22)24-2-1-23-4)7(13,14)8(15,16)9(17,18)10(19,20)21/h3H,1-2H2. The van der Waals surface area contributed by atoms with E-state index in [9.17, 15) is 53.1 Å². The molecule has 0 unspecified atom stereocenters. The Labute approximate surface area is 125 Å². The lowest BCUT2D eigenvalue weighted by molar-refractivity contribution is -0.420. The van der Waals surface area contributed by atoms with Crippen LogP contribution in [0.3, 0.4) is 0 Å². The number of halogens is 11. The summed E-state index contributed by atoms with van der Waals surface area (Å²) >= 11 is 0. The fraction of sp³-hybridized carbons (Fsp3) is 0.700. The molecule has 0 spiro atoms. The van der Waals surface area contributed by atoms with Gasteiger partial charge in [-0.3, -0.25) is 0 Å². The van der Waals surface area contributed by atoms with Crippen molar-refractivity contribution in [2.75, 3.05) is 13.2 Å². The van der Waals surface area contributed by atoms with Crippen molar-refractivity contribution in [2.24, 2.45) is 0 Å². The number of cyclic esters (lactones) is 1. The van der Waals surface area contributed by atoms with E-state index in [2.05, 4.69) is 9.47 Å². The molecule has 0 bridgehead atoms. The first-order chi connectivity index (χ1) is 10.5. The number of hydrogen-bond acceptors (Lipinski definition) is 3. The second kappa shape index (κ2) is 5.65. The zero-order chi connectivity index (χ0) is 19.2. The molecule has 0 fully saturated rings.